The van der Waals surface area contributed by atoms with Gasteiger partial charge in [0.2, 0.25) is 0 Å². The van der Waals surface area contributed by atoms with Crippen molar-refractivity contribution in [2.45, 2.75) is 39.3 Å². The second-order valence-corrected chi connectivity index (χ2v) is 6.23. The Kier molecular flexibility index (Phi) is 4.85. The number of rotatable bonds is 5. The first-order valence-electron chi connectivity index (χ1n) is 7.40. The molecule has 0 bridgehead atoms. The van der Waals surface area contributed by atoms with Crippen LogP contribution in [0.25, 0.3) is 10.9 Å². The molecule has 1 heterocycles. The summed E-state index contributed by atoms with van der Waals surface area (Å²) in [5.74, 6) is 0. The van der Waals surface area contributed by atoms with E-state index in [1.54, 1.807) is 0 Å². The lowest BCUT2D eigenvalue weighted by molar-refractivity contribution is 0.0526. The van der Waals surface area contributed by atoms with E-state index >= 15 is 0 Å². The fourth-order valence-electron chi connectivity index (χ4n) is 2.24. The fourth-order valence-corrected chi connectivity index (χ4v) is 2.24. The Bertz CT molecular complexity index is 668. The van der Waals surface area contributed by atoms with E-state index in [-0.39, 0.29) is 6.09 Å². The molecule has 0 fully saturated rings. The monoisotopic (exact) mass is 302 g/mol. The van der Waals surface area contributed by atoms with Crippen LogP contribution in [0.3, 0.4) is 0 Å². The summed E-state index contributed by atoms with van der Waals surface area (Å²) in [6.45, 7) is 6.87. The van der Waals surface area contributed by atoms with Gasteiger partial charge in [-0.15, -0.1) is 0 Å². The van der Waals surface area contributed by atoms with E-state index in [0.717, 1.165) is 30.2 Å². The van der Waals surface area contributed by atoms with E-state index in [0.29, 0.717) is 12.1 Å². The first-order valence-corrected chi connectivity index (χ1v) is 7.40. The molecule has 0 saturated heterocycles. The van der Waals surface area contributed by atoms with E-state index in [1.807, 2.05) is 51.2 Å². The number of carbonyl (C=O) groups excluding carboxylic acids is 2. The van der Waals surface area contributed by atoms with Crippen LogP contribution >= 0.6 is 0 Å². The smallest absolute Gasteiger partial charge is 0.407 e. The molecule has 2 rings (SSSR count). The minimum absolute atomic E-state index is 0.388. The summed E-state index contributed by atoms with van der Waals surface area (Å²) in [6.07, 6.45) is 3.26. The van der Waals surface area contributed by atoms with Gasteiger partial charge in [0.05, 0.1) is 0 Å². The van der Waals surface area contributed by atoms with Gasteiger partial charge in [0.25, 0.3) is 0 Å². The summed E-state index contributed by atoms with van der Waals surface area (Å²) >= 11 is 0. The highest BCUT2D eigenvalue weighted by molar-refractivity contribution is 5.87. The van der Waals surface area contributed by atoms with Crippen molar-refractivity contribution in [1.29, 1.82) is 0 Å². The average molecular weight is 302 g/mol. The molecule has 1 amide bonds. The van der Waals surface area contributed by atoms with Crippen LogP contribution in [0.4, 0.5) is 4.79 Å². The number of aryl methyl sites for hydroxylation is 1. The van der Waals surface area contributed by atoms with Gasteiger partial charge >= 0.3 is 6.09 Å². The number of benzene rings is 1. The molecule has 0 aliphatic carbocycles. The van der Waals surface area contributed by atoms with Crippen molar-refractivity contribution in [3.8, 4) is 0 Å². The molecule has 0 spiro atoms. The maximum atomic E-state index is 11.5. The molecule has 22 heavy (non-hydrogen) atoms. The zero-order valence-electron chi connectivity index (χ0n) is 13.3. The highest BCUT2D eigenvalue weighted by Crippen LogP contribution is 2.17. The van der Waals surface area contributed by atoms with Gasteiger partial charge in [-0.05, 0) is 51.5 Å². The Morgan fingerprint density at radius 3 is 2.77 bits per heavy atom. The first-order chi connectivity index (χ1) is 10.4. The van der Waals surface area contributed by atoms with Gasteiger partial charge in [0.1, 0.15) is 11.9 Å². The molecular formula is C17H22N2O3. The van der Waals surface area contributed by atoms with Gasteiger partial charge in [0.15, 0.2) is 0 Å². The first kappa shape index (κ1) is 16.1. The molecule has 2 aromatic rings. The lowest BCUT2D eigenvalue weighted by atomic mass is 10.2. The van der Waals surface area contributed by atoms with E-state index in [2.05, 4.69) is 9.88 Å². The molecule has 5 heteroatoms. The average Bonchev–Trinajstić information content (AvgIpc) is 2.84. The van der Waals surface area contributed by atoms with Crippen molar-refractivity contribution >= 4 is 23.3 Å². The number of alkyl carbamates (subject to hydrolysis) is 1. The van der Waals surface area contributed by atoms with Gasteiger partial charge in [-0.3, -0.25) is 4.79 Å². The number of hydrogen-bond acceptors (Lipinski definition) is 3. The van der Waals surface area contributed by atoms with Crippen molar-refractivity contribution in [3.05, 3.63) is 36.0 Å². The third-order valence-corrected chi connectivity index (χ3v) is 3.18. The number of fused-ring (bicyclic) bond motifs is 1. The molecule has 0 aliphatic rings. The maximum absolute atomic E-state index is 11.5. The van der Waals surface area contributed by atoms with Crippen LogP contribution in [0.1, 0.15) is 37.6 Å². The SMILES string of the molecule is CC(C)(C)OC(=O)NCCCn1ccc2cc(C=O)ccc21. The molecular weight excluding hydrogens is 280 g/mol. The summed E-state index contributed by atoms with van der Waals surface area (Å²) in [5, 5.41) is 3.79. The van der Waals surface area contributed by atoms with Crippen molar-refractivity contribution in [2.75, 3.05) is 6.54 Å². The predicted molar refractivity (Wildman–Crippen MR) is 86.2 cm³/mol. The minimum atomic E-state index is -0.475. The zero-order chi connectivity index (χ0) is 16.2. The summed E-state index contributed by atoms with van der Waals surface area (Å²) in [5.41, 5.74) is 1.29. The molecule has 0 atom stereocenters. The largest absolute Gasteiger partial charge is 0.444 e. The summed E-state index contributed by atoms with van der Waals surface area (Å²) in [6, 6.07) is 7.62. The molecule has 0 aliphatic heterocycles. The zero-order valence-corrected chi connectivity index (χ0v) is 13.3. The molecule has 0 radical (unpaired) electrons. The normalized spacial score (nSPS) is 11.4. The van der Waals surface area contributed by atoms with Gasteiger partial charge in [-0.25, -0.2) is 4.79 Å². The molecule has 1 N–H and O–H groups in total. The van der Waals surface area contributed by atoms with Gasteiger partial charge in [-0.1, -0.05) is 0 Å². The summed E-state index contributed by atoms with van der Waals surface area (Å²) in [4.78, 5) is 22.3. The van der Waals surface area contributed by atoms with Crippen molar-refractivity contribution in [1.82, 2.24) is 9.88 Å². The Hall–Kier alpha value is -2.30. The molecule has 5 nitrogen and oxygen atoms in total. The molecule has 1 aromatic heterocycles. The Balaban J connectivity index is 1.85. The Morgan fingerprint density at radius 1 is 1.32 bits per heavy atom. The van der Waals surface area contributed by atoms with Crippen molar-refractivity contribution < 1.29 is 14.3 Å². The standard InChI is InChI=1S/C17H22N2O3/c1-17(2,3)22-16(21)18-8-4-9-19-10-7-14-11-13(12-20)5-6-15(14)19/h5-7,10-12H,4,8-9H2,1-3H3,(H,18,21). The maximum Gasteiger partial charge on any atom is 0.407 e. The second-order valence-electron chi connectivity index (χ2n) is 6.23. The fraction of sp³-hybridized carbons (Fsp3) is 0.412. The summed E-state index contributed by atoms with van der Waals surface area (Å²) in [7, 11) is 0. The minimum Gasteiger partial charge on any atom is -0.444 e. The quantitative estimate of drug-likeness (QED) is 0.680. The van der Waals surface area contributed by atoms with Gasteiger partial charge in [0, 0.05) is 35.8 Å². The third-order valence-electron chi connectivity index (χ3n) is 3.18. The van der Waals surface area contributed by atoms with Crippen molar-refractivity contribution in [2.24, 2.45) is 0 Å². The van der Waals surface area contributed by atoms with Crippen molar-refractivity contribution in [3.63, 3.8) is 0 Å². The number of aromatic nitrogens is 1. The third kappa shape index (κ3) is 4.35. The predicted octanol–water partition coefficient (Wildman–Crippen LogP) is 3.37. The Morgan fingerprint density at radius 2 is 2.09 bits per heavy atom. The Labute approximate surface area is 130 Å². The van der Waals surface area contributed by atoms with Crippen LogP contribution < -0.4 is 5.32 Å². The number of ether oxygens (including phenoxy) is 1. The molecule has 1 aromatic carbocycles. The number of aldehydes is 1. The molecule has 0 saturated carbocycles. The highest BCUT2D eigenvalue weighted by Gasteiger charge is 2.15. The van der Waals surface area contributed by atoms with Crippen LogP contribution in [-0.2, 0) is 11.3 Å². The van der Waals surface area contributed by atoms with Crippen LogP contribution in [-0.4, -0.2) is 29.1 Å². The van der Waals surface area contributed by atoms with Crippen LogP contribution in [0, 0.1) is 0 Å². The number of nitrogens with zero attached hydrogens (tertiary/aromatic N) is 1. The van der Waals surface area contributed by atoms with Gasteiger partial charge in [-0.2, -0.15) is 0 Å². The van der Waals surface area contributed by atoms with Crippen LogP contribution in [0.5, 0.6) is 0 Å². The van der Waals surface area contributed by atoms with Crippen LogP contribution in [0.15, 0.2) is 30.5 Å². The number of amides is 1. The highest BCUT2D eigenvalue weighted by atomic mass is 16.6. The van der Waals surface area contributed by atoms with E-state index in [9.17, 15) is 9.59 Å². The summed E-state index contributed by atoms with van der Waals surface area (Å²) < 4.78 is 7.29. The number of hydrogen-bond donors (Lipinski definition) is 1. The van der Waals surface area contributed by atoms with E-state index in [4.69, 9.17) is 4.74 Å². The lowest BCUT2D eigenvalue weighted by Crippen LogP contribution is -2.33. The molecule has 0 unspecified atom stereocenters. The van der Waals surface area contributed by atoms with E-state index < -0.39 is 5.60 Å². The van der Waals surface area contributed by atoms with E-state index in [1.165, 1.54) is 0 Å². The lowest BCUT2D eigenvalue weighted by Gasteiger charge is -2.19. The number of carbonyl (C=O) groups is 2. The topological polar surface area (TPSA) is 60.3 Å². The second kappa shape index (κ2) is 6.64. The number of nitrogens with one attached hydrogen (secondary N) is 1. The van der Waals surface area contributed by atoms with Gasteiger partial charge < -0.3 is 14.6 Å². The van der Waals surface area contributed by atoms with Crippen LogP contribution in [0.2, 0.25) is 0 Å². The molecule has 118 valence electrons.